The fraction of sp³-hybridized carbons (Fsp3) is 0.868. The van der Waals surface area contributed by atoms with Gasteiger partial charge in [-0.05, 0) is 51.4 Å². The topological polar surface area (TPSA) is 307 Å². The van der Waals surface area contributed by atoms with Crippen LogP contribution in [0.2, 0.25) is 0 Å². The van der Waals surface area contributed by atoms with Crippen molar-refractivity contribution in [2.75, 3.05) is 26.4 Å². The highest BCUT2D eigenvalue weighted by Crippen LogP contribution is 2.33. The first-order chi connectivity index (χ1) is 42.3. The Balaban J connectivity index is 1.19. The van der Waals surface area contributed by atoms with E-state index in [1.807, 2.05) is 6.92 Å². The molecule has 508 valence electrons. The zero-order valence-electron chi connectivity index (χ0n) is 53.5. The van der Waals surface area contributed by atoms with Crippen molar-refractivity contribution < 1.29 is 89.4 Å². The fourth-order valence-corrected chi connectivity index (χ4v) is 11.6. The van der Waals surface area contributed by atoms with Crippen molar-refractivity contribution in [1.82, 2.24) is 5.32 Å². The Kier molecular flexibility index (Phi) is 45.7. The van der Waals surface area contributed by atoms with Gasteiger partial charge in [0.1, 0.15) is 73.2 Å². The lowest BCUT2D eigenvalue weighted by Crippen LogP contribution is -2.66. The van der Waals surface area contributed by atoms with Gasteiger partial charge in [-0.1, -0.05) is 236 Å². The van der Waals surface area contributed by atoms with Gasteiger partial charge in [-0.3, -0.25) is 4.79 Å². The molecule has 3 aliphatic rings. The average Bonchev–Trinajstić information content (AvgIpc) is 1.25. The summed E-state index contributed by atoms with van der Waals surface area (Å²) in [4.78, 5) is 13.2. The Bertz CT molecular complexity index is 1770. The molecule has 12 N–H and O–H groups in total. The number of hydrogen-bond acceptors (Lipinski definition) is 18. The summed E-state index contributed by atoms with van der Waals surface area (Å²) < 4.78 is 34.1. The normalized spacial score (nSPS) is 28.9. The maximum Gasteiger partial charge on any atom is 0.220 e. The average molecular weight is 1240 g/mol. The minimum atomic E-state index is -1.97. The van der Waals surface area contributed by atoms with Crippen molar-refractivity contribution in [2.45, 2.75) is 349 Å². The lowest BCUT2D eigenvalue weighted by molar-refractivity contribution is -0.379. The van der Waals surface area contributed by atoms with Gasteiger partial charge in [0, 0.05) is 6.42 Å². The molecule has 0 aromatic heterocycles. The molecule has 1 amide bonds. The quantitative estimate of drug-likeness (QED) is 0.0200. The van der Waals surface area contributed by atoms with E-state index in [2.05, 4.69) is 60.8 Å². The van der Waals surface area contributed by atoms with Crippen LogP contribution in [0, 0.1) is 0 Å². The second-order valence-electron chi connectivity index (χ2n) is 24.6. The third kappa shape index (κ3) is 32.7. The minimum absolute atomic E-state index is 0.252. The van der Waals surface area contributed by atoms with Gasteiger partial charge in [-0.25, -0.2) is 0 Å². The van der Waals surface area contributed by atoms with Gasteiger partial charge < -0.3 is 89.9 Å². The number of carbonyl (C=O) groups excluding carboxylic acids is 1. The molecular weight excluding hydrogens is 1120 g/mol. The molecule has 0 aromatic carbocycles. The fourth-order valence-electron chi connectivity index (χ4n) is 11.6. The number of aliphatic hydroxyl groups excluding tert-OH is 11. The zero-order valence-corrected chi connectivity index (χ0v) is 53.5. The molecule has 17 unspecified atom stereocenters. The molecule has 0 aromatic rings. The van der Waals surface area contributed by atoms with Crippen molar-refractivity contribution in [3.8, 4) is 0 Å². The summed E-state index contributed by atoms with van der Waals surface area (Å²) in [5.74, 6) is -0.252. The molecule has 0 saturated carbocycles. The first-order valence-corrected chi connectivity index (χ1v) is 34.4. The molecule has 17 atom stereocenters. The smallest absolute Gasteiger partial charge is 0.220 e. The molecule has 87 heavy (non-hydrogen) atoms. The van der Waals surface area contributed by atoms with Gasteiger partial charge in [-0.15, -0.1) is 0 Å². The molecule has 19 heteroatoms. The van der Waals surface area contributed by atoms with Gasteiger partial charge in [0.2, 0.25) is 5.91 Å². The van der Waals surface area contributed by atoms with E-state index < -0.39 is 124 Å². The van der Waals surface area contributed by atoms with E-state index in [1.54, 1.807) is 0 Å². The van der Waals surface area contributed by atoms with Crippen LogP contribution in [0.3, 0.4) is 0 Å². The molecule has 3 heterocycles. The first-order valence-electron chi connectivity index (χ1n) is 34.4. The van der Waals surface area contributed by atoms with E-state index in [0.717, 1.165) is 57.8 Å². The molecule has 3 saturated heterocycles. The molecule has 3 fully saturated rings. The van der Waals surface area contributed by atoms with Crippen LogP contribution >= 0.6 is 0 Å². The summed E-state index contributed by atoms with van der Waals surface area (Å²) in [5.41, 5.74) is 0. The summed E-state index contributed by atoms with van der Waals surface area (Å²) >= 11 is 0. The number of carbonyl (C=O) groups is 1. The summed E-state index contributed by atoms with van der Waals surface area (Å²) in [6.45, 7) is 1.50. The molecule has 0 spiro atoms. The van der Waals surface area contributed by atoms with Crippen LogP contribution in [0.25, 0.3) is 0 Å². The van der Waals surface area contributed by atoms with Crippen molar-refractivity contribution in [3.05, 3.63) is 48.6 Å². The zero-order chi connectivity index (χ0) is 63.3. The molecule has 19 nitrogen and oxygen atoms in total. The number of rotatable bonds is 52. The molecule has 0 radical (unpaired) electrons. The number of hydrogen-bond donors (Lipinski definition) is 12. The van der Waals surface area contributed by atoms with Crippen LogP contribution in [0.15, 0.2) is 48.6 Å². The van der Waals surface area contributed by atoms with Gasteiger partial charge in [-0.2, -0.15) is 0 Å². The van der Waals surface area contributed by atoms with Crippen LogP contribution in [0.1, 0.15) is 245 Å². The van der Waals surface area contributed by atoms with Crippen LogP contribution < -0.4 is 5.32 Å². The predicted octanol–water partition coefficient (Wildman–Crippen LogP) is 8.61. The monoisotopic (exact) mass is 1240 g/mol. The number of ether oxygens (including phenoxy) is 6. The van der Waals surface area contributed by atoms with Crippen molar-refractivity contribution in [1.29, 1.82) is 0 Å². The second-order valence-corrected chi connectivity index (χ2v) is 24.6. The standard InChI is InChI=1S/C68H123NO18/c1-3-5-7-8-9-10-11-12-13-14-15-16-17-18-19-20-21-22-23-24-25-26-27-28-29-30-31-32-33-34-35-36-37-38-39-40-41-42-44-46-56(74)69-51(52(73)45-43-6-4-2)50-82-66-62(80)59(77)64(54(48-71)84-66)87-68-63(81)60(78)65(55(49-72)85-68)86-67-61(79)58(76)57(75)53(47-70)83-67/h5,7,9-10,12-13,15-16,51-55,57-68,70-73,75-81H,3-4,6,8,11,14,17-50H2,1-2H3,(H,69,74)/b7-5-,10-9-,13-12-,16-15-. The van der Waals surface area contributed by atoms with E-state index in [0.29, 0.717) is 19.3 Å². The second kappa shape index (κ2) is 50.3. The highest BCUT2D eigenvalue weighted by atomic mass is 16.8. The summed E-state index contributed by atoms with van der Waals surface area (Å²) in [6, 6.07) is -0.880. The molecule has 3 aliphatic heterocycles. The Morgan fingerprint density at radius 3 is 1.22 bits per heavy atom. The largest absolute Gasteiger partial charge is 0.394 e. The van der Waals surface area contributed by atoms with Gasteiger partial charge >= 0.3 is 0 Å². The molecule has 0 aliphatic carbocycles. The van der Waals surface area contributed by atoms with E-state index in [1.165, 1.54) is 148 Å². The third-order valence-corrected chi connectivity index (χ3v) is 17.2. The highest BCUT2D eigenvalue weighted by molar-refractivity contribution is 5.76. The molecular formula is C68H123NO18. The van der Waals surface area contributed by atoms with E-state index in [-0.39, 0.29) is 18.9 Å². The number of allylic oxidation sites excluding steroid dienone is 8. The van der Waals surface area contributed by atoms with Crippen molar-refractivity contribution in [2.24, 2.45) is 0 Å². The van der Waals surface area contributed by atoms with Crippen molar-refractivity contribution >= 4 is 5.91 Å². The van der Waals surface area contributed by atoms with Crippen LogP contribution in [0.5, 0.6) is 0 Å². The number of unbranched alkanes of at least 4 members (excludes halogenated alkanes) is 28. The van der Waals surface area contributed by atoms with Gasteiger partial charge in [0.15, 0.2) is 18.9 Å². The summed E-state index contributed by atoms with van der Waals surface area (Å²) in [6.07, 6.45) is 33.8. The van der Waals surface area contributed by atoms with Gasteiger partial charge in [0.25, 0.3) is 0 Å². The number of amides is 1. The molecule has 0 bridgehead atoms. The van der Waals surface area contributed by atoms with E-state index >= 15 is 0 Å². The highest BCUT2D eigenvalue weighted by Gasteiger charge is 2.53. The Morgan fingerprint density at radius 2 is 0.793 bits per heavy atom. The summed E-state index contributed by atoms with van der Waals surface area (Å²) in [5, 5.41) is 119. The molecule has 3 rings (SSSR count). The maximum absolute atomic E-state index is 13.2. The Hall–Kier alpha value is -2.25. The lowest BCUT2D eigenvalue weighted by atomic mass is 9.96. The number of nitrogens with one attached hydrogen (secondary N) is 1. The predicted molar refractivity (Wildman–Crippen MR) is 337 cm³/mol. The third-order valence-electron chi connectivity index (χ3n) is 17.2. The van der Waals surface area contributed by atoms with Crippen LogP contribution in [0.4, 0.5) is 0 Å². The summed E-state index contributed by atoms with van der Waals surface area (Å²) in [7, 11) is 0. The Morgan fingerprint density at radius 1 is 0.425 bits per heavy atom. The first kappa shape index (κ1) is 79.0. The van der Waals surface area contributed by atoms with E-state index in [9.17, 15) is 61.0 Å². The van der Waals surface area contributed by atoms with Crippen LogP contribution in [-0.4, -0.2) is 193 Å². The van der Waals surface area contributed by atoms with E-state index in [4.69, 9.17) is 28.4 Å². The van der Waals surface area contributed by atoms with Crippen LogP contribution in [-0.2, 0) is 33.2 Å². The Labute approximate surface area is 523 Å². The lowest BCUT2D eigenvalue weighted by Gasteiger charge is -2.48. The van der Waals surface area contributed by atoms with Crippen molar-refractivity contribution in [3.63, 3.8) is 0 Å². The maximum atomic E-state index is 13.2. The minimum Gasteiger partial charge on any atom is -0.394 e. The van der Waals surface area contributed by atoms with Gasteiger partial charge in [0.05, 0.1) is 38.6 Å². The SMILES string of the molecule is CC/C=C\C/C=C\C/C=C\C/C=C\CCCCCCCCCCCCCCCCCCCCCCCCCCCCC(=O)NC(COC1OC(CO)C(OC2OC(CO)C(OC3OC(CO)C(O)C(O)C3O)C(O)C2O)C(O)C1O)C(O)CCCCC. The number of aliphatic hydroxyl groups is 11.